The molecule has 2 rings (SSSR count). The minimum Gasteiger partial charge on any atom is -0.379 e. The van der Waals surface area contributed by atoms with Crippen LogP contribution in [0.5, 0.6) is 0 Å². The van der Waals surface area contributed by atoms with E-state index in [0.29, 0.717) is 18.2 Å². The smallest absolute Gasteiger partial charge is 0.129 e. The molecule has 0 N–H and O–H groups in total. The molecule has 16 heavy (non-hydrogen) atoms. The maximum atomic E-state index is 13.6. The van der Waals surface area contributed by atoms with Crippen molar-refractivity contribution in [2.75, 3.05) is 25.2 Å². The topological polar surface area (TPSA) is 12.5 Å². The summed E-state index contributed by atoms with van der Waals surface area (Å²) in [7, 11) is 1.96. The van der Waals surface area contributed by atoms with E-state index in [1.807, 2.05) is 13.1 Å². The van der Waals surface area contributed by atoms with Crippen LogP contribution in [0, 0.1) is 5.82 Å². The van der Waals surface area contributed by atoms with Gasteiger partial charge in [-0.25, -0.2) is 4.39 Å². The SMILES string of the molecule is CN(c1cccc(F)c1CCl)C1CCOC1. The van der Waals surface area contributed by atoms with Crippen molar-refractivity contribution in [1.29, 1.82) is 0 Å². The number of rotatable bonds is 3. The Balaban J connectivity index is 2.27. The van der Waals surface area contributed by atoms with Gasteiger partial charge in [-0.3, -0.25) is 0 Å². The molecule has 1 saturated heterocycles. The maximum Gasteiger partial charge on any atom is 0.129 e. The predicted molar refractivity (Wildman–Crippen MR) is 63.6 cm³/mol. The molecule has 1 unspecified atom stereocenters. The van der Waals surface area contributed by atoms with Crippen molar-refractivity contribution < 1.29 is 9.13 Å². The van der Waals surface area contributed by atoms with Gasteiger partial charge in [0.15, 0.2) is 0 Å². The molecule has 1 aliphatic heterocycles. The molecular formula is C12H15ClFNO. The second-order valence-electron chi connectivity index (χ2n) is 4.00. The van der Waals surface area contributed by atoms with Crippen LogP contribution >= 0.6 is 11.6 Å². The molecule has 0 aromatic heterocycles. The van der Waals surface area contributed by atoms with E-state index in [1.54, 1.807) is 6.07 Å². The second-order valence-corrected chi connectivity index (χ2v) is 4.27. The van der Waals surface area contributed by atoms with Gasteiger partial charge >= 0.3 is 0 Å². The molecule has 0 amide bonds. The van der Waals surface area contributed by atoms with E-state index < -0.39 is 0 Å². The summed E-state index contributed by atoms with van der Waals surface area (Å²) in [6, 6.07) is 5.38. The fourth-order valence-electron chi connectivity index (χ4n) is 2.03. The number of ether oxygens (including phenoxy) is 1. The molecule has 0 spiro atoms. The summed E-state index contributed by atoms with van der Waals surface area (Å²) >= 11 is 5.79. The first kappa shape index (κ1) is 11.7. The first-order valence-electron chi connectivity index (χ1n) is 5.38. The highest BCUT2D eigenvalue weighted by Gasteiger charge is 2.22. The van der Waals surface area contributed by atoms with Gasteiger partial charge in [0.2, 0.25) is 0 Å². The Bertz CT molecular complexity index is 366. The highest BCUT2D eigenvalue weighted by molar-refractivity contribution is 6.17. The van der Waals surface area contributed by atoms with Gasteiger partial charge in [-0.15, -0.1) is 11.6 Å². The molecule has 88 valence electrons. The first-order chi connectivity index (χ1) is 7.74. The Kier molecular flexibility index (Phi) is 3.66. The summed E-state index contributed by atoms with van der Waals surface area (Å²) in [5, 5.41) is 0. The van der Waals surface area contributed by atoms with Crippen LogP contribution < -0.4 is 4.90 Å². The van der Waals surface area contributed by atoms with Gasteiger partial charge in [-0.1, -0.05) is 6.07 Å². The number of halogens is 2. The molecule has 1 aromatic carbocycles. The highest BCUT2D eigenvalue weighted by Crippen LogP contribution is 2.27. The van der Waals surface area contributed by atoms with E-state index >= 15 is 0 Å². The van der Waals surface area contributed by atoms with Gasteiger partial charge in [0.25, 0.3) is 0 Å². The van der Waals surface area contributed by atoms with Gasteiger partial charge < -0.3 is 9.64 Å². The van der Waals surface area contributed by atoms with Crippen molar-refractivity contribution in [3.05, 3.63) is 29.6 Å². The van der Waals surface area contributed by atoms with Crippen LogP contribution in [-0.4, -0.2) is 26.3 Å². The standard InChI is InChI=1S/C12H15ClFNO/c1-15(9-5-6-16-8-9)12-4-2-3-11(14)10(12)7-13/h2-4,9H,5-8H2,1H3. The molecule has 1 aliphatic rings. The lowest BCUT2D eigenvalue weighted by molar-refractivity contribution is 0.193. The second kappa shape index (κ2) is 5.02. The quantitative estimate of drug-likeness (QED) is 0.757. The van der Waals surface area contributed by atoms with Crippen LogP contribution in [0.2, 0.25) is 0 Å². The Labute approximate surface area is 100.0 Å². The zero-order valence-corrected chi connectivity index (χ0v) is 10.0. The molecular weight excluding hydrogens is 229 g/mol. The molecule has 1 atom stereocenters. The molecule has 2 nitrogen and oxygen atoms in total. The minimum atomic E-state index is -0.238. The lowest BCUT2D eigenvalue weighted by atomic mass is 10.1. The summed E-state index contributed by atoms with van der Waals surface area (Å²) in [5.41, 5.74) is 1.43. The number of benzene rings is 1. The summed E-state index contributed by atoms with van der Waals surface area (Å²) in [6.45, 7) is 1.48. The molecule has 1 aromatic rings. The van der Waals surface area contributed by atoms with Crippen molar-refractivity contribution in [3.8, 4) is 0 Å². The molecule has 1 fully saturated rings. The molecule has 0 aliphatic carbocycles. The third-order valence-electron chi connectivity index (χ3n) is 3.06. The van der Waals surface area contributed by atoms with E-state index in [0.717, 1.165) is 18.7 Å². The summed E-state index contributed by atoms with van der Waals surface area (Å²) in [4.78, 5) is 2.06. The van der Waals surface area contributed by atoms with E-state index in [2.05, 4.69) is 4.90 Å². The Hall–Kier alpha value is -0.800. The third kappa shape index (κ3) is 2.15. The van der Waals surface area contributed by atoms with E-state index in [1.165, 1.54) is 6.07 Å². The van der Waals surface area contributed by atoms with Crippen LogP contribution in [0.25, 0.3) is 0 Å². The third-order valence-corrected chi connectivity index (χ3v) is 3.33. The predicted octanol–water partition coefficient (Wildman–Crippen LogP) is 2.79. The van der Waals surface area contributed by atoms with E-state index in [4.69, 9.17) is 16.3 Å². The van der Waals surface area contributed by atoms with Crippen LogP contribution in [0.1, 0.15) is 12.0 Å². The maximum absolute atomic E-state index is 13.6. The monoisotopic (exact) mass is 243 g/mol. The zero-order chi connectivity index (χ0) is 11.5. The van der Waals surface area contributed by atoms with Crippen LogP contribution in [-0.2, 0) is 10.6 Å². The van der Waals surface area contributed by atoms with Crippen molar-refractivity contribution in [2.24, 2.45) is 0 Å². The summed E-state index contributed by atoms with van der Waals surface area (Å²) in [5.74, 6) is -0.0433. The van der Waals surface area contributed by atoms with Gasteiger partial charge in [-0.2, -0.15) is 0 Å². The molecule has 1 heterocycles. The highest BCUT2D eigenvalue weighted by atomic mass is 35.5. The lowest BCUT2D eigenvalue weighted by Gasteiger charge is -2.27. The largest absolute Gasteiger partial charge is 0.379 e. The Morgan fingerprint density at radius 3 is 3.00 bits per heavy atom. The van der Waals surface area contributed by atoms with E-state index in [9.17, 15) is 4.39 Å². The summed E-state index contributed by atoms with van der Waals surface area (Å²) < 4.78 is 18.9. The zero-order valence-electron chi connectivity index (χ0n) is 9.25. The first-order valence-corrected chi connectivity index (χ1v) is 5.91. The van der Waals surface area contributed by atoms with Gasteiger partial charge in [-0.05, 0) is 18.6 Å². The number of nitrogens with zero attached hydrogens (tertiary/aromatic N) is 1. The molecule has 0 radical (unpaired) electrons. The lowest BCUT2D eigenvalue weighted by Crippen LogP contribution is -2.32. The van der Waals surface area contributed by atoms with Crippen molar-refractivity contribution >= 4 is 17.3 Å². The Morgan fingerprint density at radius 1 is 1.56 bits per heavy atom. The number of anilines is 1. The van der Waals surface area contributed by atoms with Crippen molar-refractivity contribution in [1.82, 2.24) is 0 Å². The molecule has 0 bridgehead atoms. The molecule has 0 saturated carbocycles. The summed E-state index contributed by atoms with van der Waals surface area (Å²) in [6.07, 6.45) is 0.981. The number of alkyl halides is 1. The fraction of sp³-hybridized carbons (Fsp3) is 0.500. The Morgan fingerprint density at radius 2 is 2.38 bits per heavy atom. The average molecular weight is 244 g/mol. The number of hydrogen-bond donors (Lipinski definition) is 0. The van der Waals surface area contributed by atoms with Crippen LogP contribution in [0.3, 0.4) is 0 Å². The normalized spacial score (nSPS) is 20.1. The van der Waals surface area contributed by atoms with Crippen LogP contribution in [0.15, 0.2) is 18.2 Å². The minimum absolute atomic E-state index is 0.194. The van der Waals surface area contributed by atoms with Crippen molar-refractivity contribution in [2.45, 2.75) is 18.3 Å². The average Bonchev–Trinajstić information content (AvgIpc) is 2.81. The number of likely N-dealkylation sites (N-methyl/N-ethyl adjacent to an activating group) is 1. The van der Waals surface area contributed by atoms with E-state index in [-0.39, 0.29) is 11.7 Å². The van der Waals surface area contributed by atoms with Crippen molar-refractivity contribution in [3.63, 3.8) is 0 Å². The van der Waals surface area contributed by atoms with Gasteiger partial charge in [0.1, 0.15) is 5.82 Å². The van der Waals surface area contributed by atoms with Gasteiger partial charge in [0.05, 0.1) is 18.5 Å². The number of hydrogen-bond acceptors (Lipinski definition) is 2. The fourth-order valence-corrected chi connectivity index (χ4v) is 2.30. The van der Waals surface area contributed by atoms with Gasteiger partial charge in [0, 0.05) is 24.9 Å². The van der Waals surface area contributed by atoms with Crippen LogP contribution in [0.4, 0.5) is 10.1 Å². The molecule has 4 heteroatoms.